The second-order valence-corrected chi connectivity index (χ2v) is 6.72. The van der Waals surface area contributed by atoms with Crippen molar-refractivity contribution in [3.63, 3.8) is 0 Å². The zero-order valence-corrected chi connectivity index (χ0v) is 12.2. The normalized spacial score (nSPS) is 31.7. The second-order valence-electron chi connectivity index (χ2n) is 6.72. The lowest BCUT2D eigenvalue weighted by Crippen LogP contribution is -2.33. The quantitative estimate of drug-likeness (QED) is 0.553. The number of hydrogen-bond donors (Lipinski definition) is 0. The first-order chi connectivity index (χ1) is 7.49. The molecule has 0 heterocycles. The largest absolute Gasteiger partial charge is 0.0654 e. The van der Waals surface area contributed by atoms with Crippen molar-refractivity contribution in [3.05, 3.63) is 0 Å². The van der Waals surface area contributed by atoms with Gasteiger partial charge in [0.05, 0.1) is 0 Å². The first-order valence-electron chi connectivity index (χ1n) is 7.49. The van der Waals surface area contributed by atoms with Crippen LogP contribution in [-0.2, 0) is 0 Å². The molecule has 0 bridgehead atoms. The van der Waals surface area contributed by atoms with Crippen molar-refractivity contribution in [1.82, 2.24) is 0 Å². The van der Waals surface area contributed by atoms with Crippen LogP contribution in [0.2, 0.25) is 0 Å². The van der Waals surface area contributed by atoms with Crippen molar-refractivity contribution in [1.29, 1.82) is 0 Å². The minimum Gasteiger partial charge on any atom is -0.0654 e. The van der Waals surface area contributed by atoms with Gasteiger partial charge in [-0.1, -0.05) is 53.9 Å². The molecule has 0 N–H and O–H groups in total. The van der Waals surface area contributed by atoms with Gasteiger partial charge in [-0.05, 0) is 48.9 Å². The van der Waals surface area contributed by atoms with Crippen molar-refractivity contribution in [3.8, 4) is 0 Å². The molecule has 0 radical (unpaired) electrons. The van der Waals surface area contributed by atoms with E-state index in [9.17, 15) is 0 Å². The van der Waals surface area contributed by atoms with E-state index in [0.717, 1.165) is 11.3 Å². The van der Waals surface area contributed by atoms with Gasteiger partial charge < -0.3 is 0 Å². The maximum absolute atomic E-state index is 2.47. The maximum atomic E-state index is 2.47. The van der Waals surface area contributed by atoms with Crippen LogP contribution in [0.3, 0.4) is 0 Å². The summed E-state index contributed by atoms with van der Waals surface area (Å²) < 4.78 is 0. The van der Waals surface area contributed by atoms with E-state index in [1.807, 2.05) is 0 Å². The highest BCUT2D eigenvalue weighted by atomic mass is 14.4. The highest BCUT2D eigenvalue weighted by Crippen LogP contribution is 2.50. The van der Waals surface area contributed by atoms with Gasteiger partial charge in [-0.25, -0.2) is 0 Å². The van der Waals surface area contributed by atoms with Crippen molar-refractivity contribution < 1.29 is 0 Å². The lowest BCUT2D eigenvalue weighted by atomic mass is 9.61. The minimum atomic E-state index is 0.576. The van der Waals surface area contributed by atoms with Gasteiger partial charge in [0.1, 0.15) is 0 Å². The van der Waals surface area contributed by atoms with Crippen LogP contribution in [0.1, 0.15) is 86.0 Å². The molecule has 96 valence electrons. The molecule has 1 saturated carbocycles. The summed E-state index contributed by atoms with van der Waals surface area (Å²) in [6.45, 7) is 12.0. The van der Waals surface area contributed by atoms with E-state index in [1.165, 1.54) is 51.4 Å². The Bertz CT molecular complexity index is 194. The Kier molecular flexibility index (Phi) is 4.88. The second kappa shape index (κ2) is 5.56. The smallest absolute Gasteiger partial charge is 0.0300 e. The number of hydrogen-bond acceptors (Lipinski definition) is 0. The molecule has 0 saturated heterocycles. The summed E-state index contributed by atoms with van der Waals surface area (Å²) in [5, 5.41) is 0. The Hall–Kier alpha value is 0. The van der Waals surface area contributed by atoms with Crippen LogP contribution in [0.4, 0.5) is 0 Å². The van der Waals surface area contributed by atoms with Crippen LogP contribution in [0.15, 0.2) is 0 Å². The molecular formula is C16H32. The maximum Gasteiger partial charge on any atom is -0.0300 e. The number of rotatable bonds is 5. The lowest BCUT2D eigenvalue weighted by Gasteiger charge is -2.45. The highest BCUT2D eigenvalue weighted by Gasteiger charge is 2.37. The molecule has 0 unspecified atom stereocenters. The summed E-state index contributed by atoms with van der Waals surface area (Å²) >= 11 is 0. The SMILES string of the molecule is CCCC1(CC)CCC(C(C)(C)CC)CC1. The summed E-state index contributed by atoms with van der Waals surface area (Å²) in [5.74, 6) is 0.981. The fourth-order valence-electron chi connectivity index (χ4n) is 3.61. The average Bonchev–Trinajstić information content (AvgIpc) is 2.30. The van der Waals surface area contributed by atoms with Gasteiger partial charge in [0.15, 0.2) is 0 Å². The minimum absolute atomic E-state index is 0.576. The summed E-state index contributed by atoms with van der Waals surface area (Å²) in [5.41, 5.74) is 1.29. The Morgan fingerprint density at radius 2 is 1.62 bits per heavy atom. The van der Waals surface area contributed by atoms with Gasteiger partial charge in [-0.2, -0.15) is 0 Å². The molecule has 0 amide bonds. The van der Waals surface area contributed by atoms with Crippen LogP contribution in [0, 0.1) is 16.7 Å². The molecule has 1 fully saturated rings. The fourth-order valence-corrected chi connectivity index (χ4v) is 3.61. The Morgan fingerprint density at radius 1 is 1.06 bits per heavy atom. The van der Waals surface area contributed by atoms with Gasteiger partial charge >= 0.3 is 0 Å². The topological polar surface area (TPSA) is 0 Å². The van der Waals surface area contributed by atoms with E-state index in [0.29, 0.717) is 5.41 Å². The van der Waals surface area contributed by atoms with Crippen LogP contribution < -0.4 is 0 Å². The van der Waals surface area contributed by atoms with E-state index in [2.05, 4.69) is 34.6 Å². The molecule has 1 rings (SSSR count). The predicted octanol–water partition coefficient (Wildman–Crippen LogP) is 5.81. The van der Waals surface area contributed by atoms with Crippen LogP contribution in [0.25, 0.3) is 0 Å². The van der Waals surface area contributed by atoms with Crippen molar-refractivity contribution in [2.24, 2.45) is 16.7 Å². The van der Waals surface area contributed by atoms with Gasteiger partial charge in [0.2, 0.25) is 0 Å². The summed E-state index contributed by atoms with van der Waals surface area (Å²) in [4.78, 5) is 0. The van der Waals surface area contributed by atoms with Crippen molar-refractivity contribution >= 4 is 0 Å². The molecule has 0 nitrogen and oxygen atoms in total. The molecule has 0 spiro atoms. The van der Waals surface area contributed by atoms with Crippen LogP contribution >= 0.6 is 0 Å². The zero-order valence-electron chi connectivity index (χ0n) is 12.2. The molecule has 0 aliphatic heterocycles. The lowest BCUT2D eigenvalue weighted by molar-refractivity contribution is 0.0659. The van der Waals surface area contributed by atoms with Gasteiger partial charge in [0.25, 0.3) is 0 Å². The molecule has 0 heteroatoms. The molecule has 0 aromatic carbocycles. The third-order valence-corrected chi connectivity index (χ3v) is 5.59. The predicted molar refractivity (Wildman–Crippen MR) is 73.7 cm³/mol. The summed E-state index contributed by atoms with van der Waals surface area (Å²) in [7, 11) is 0. The fraction of sp³-hybridized carbons (Fsp3) is 1.00. The third kappa shape index (κ3) is 3.02. The average molecular weight is 224 g/mol. The Labute approximate surface area is 103 Å². The monoisotopic (exact) mass is 224 g/mol. The third-order valence-electron chi connectivity index (χ3n) is 5.59. The molecule has 0 aromatic rings. The Balaban J connectivity index is 2.55. The van der Waals surface area contributed by atoms with Gasteiger partial charge in [-0.3, -0.25) is 0 Å². The first-order valence-corrected chi connectivity index (χ1v) is 7.49. The Morgan fingerprint density at radius 3 is 2.00 bits per heavy atom. The van der Waals surface area contributed by atoms with Crippen LogP contribution in [-0.4, -0.2) is 0 Å². The standard InChI is InChI=1S/C16H32/c1-6-11-16(8-3)12-9-14(10-13-16)15(4,5)7-2/h14H,6-13H2,1-5H3. The first kappa shape index (κ1) is 14.1. The molecule has 16 heavy (non-hydrogen) atoms. The van der Waals surface area contributed by atoms with E-state index in [4.69, 9.17) is 0 Å². The van der Waals surface area contributed by atoms with E-state index >= 15 is 0 Å². The van der Waals surface area contributed by atoms with Crippen molar-refractivity contribution in [2.45, 2.75) is 86.0 Å². The van der Waals surface area contributed by atoms with Gasteiger partial charge in [0, 0.05) is 0 Å². The van der Waals surface area contributed by atoms with E-state index in [-0.39, 0.29) is 0 Å². The molecule has 1 aliphatic carbocycles. The van der Waals surface area contributed by atoms with E-state index < -0.39 is 0 Å². The highest BCUT2D eigenvalue weighted by molar-refractivity contribution is 4.89. The molecular weight excluding hydrogens is 192 g/mol. The van der Waals surface area contributed by atoms with E-state index in [1.54, 1.807) is 0 Å². The summed E-state index contributed by atoms with van der Waals surface area (Å²) in [6.07, 6.45) is 11.5. The zero-order chi connectivity index (χ0) is 12.2. The molecule has 0 aromatic heterocycles. The van der Waals surface area contributed by atoms with Crippen LogP contribution in [0.5, 0.6) is 0 Å². The van der Waals surface area contributed by atoms with Crippen molar-refractivity contribution in [2.75, 3.05) is 0 Å². The molecule has 1 aliphatic rings. The molecule has 0 atom stereocenters. The van der Waals surface area contributed by atoms with Gasteiger partial charge in [-0.15, -0.1) is 0 Å². The summed E-state index contributed by atoms with van der Waals surface area (Å²) in [6, 6.07) is 0.